The Hall–Kier alpha value is -1.32. The lowest BCUT2D eigenvalue weighted by Crippen LogP contribution is -1.86. The van der Waals surface area contributed by atoms with E-state index in [1.807, 2.05) is 23.1 Å². The normalized spacial score (nSPS) is 11.4. The van der Waals surface area contributed by atoms with Crippen LogP contribution in [0.2, 0.25) is 0 Å². The van der Waals surface area contributed by atoms with Gasteiger partial charge in [-0.1, -0.05) is 95.9 Å². The zero-order valence-corrected chi connectivity index (χ0v) is 21.1. The number of hydrogen-bond donors (Lipinski definition) is 0. The lowest BCUT2D eigenvalue weighted by molar-refractivity contribution is 0.627. The third-order valence-corrected chi connectivity index (χ3v) is 8.04. The Morgan fingerprint density at radius 3 is 2.16 bits per heavy atom. The average Bonchev–Trinajstić information content (AvgIpc) is 3.22. The van der Waals surface area contributed by atoms with Crippen molar-refractivity contribution in [3.8, 4) is 10.6 Å². The second-order valence-electron chi connectivity index (χ2n) is 8.63. The lowest BCUT2D eigenvalue weighted by atomic mass is 10.0. The molecule has 0 amide bonds. The Balaban J connectivity index is 1.50. The summed E-state index contributed by atoms with van der Waals surface area (Å²) in [5, 5.41) is 1.14. The summed E-state index contributed by atoms with van der Waals surface area (Å²) in [6, 6.07) is 15.9. The van der Waals surface area contributed by atoms with E-state index >= 15 is 0 Å². The topological polar surface area (TPSA) is 12.9 Å². The van der Waals surface area contributed by atoms with Crippen LogP contribution in [0.3, 0.4) is 0 Å². The minimum absolute atomic E-state index is 1.13. The highest BCUT2D eigenvalue weighted by Gasteiger charge is 2.08. The van der Waals surface area contributed by atoms with Gasteiger partial charge in [-0.3, -0.25) is 0 Å². The van der Waals surface area contributed by atoms with Crippen molar-refractivity contribution in [1.82, 2.24) is 4.98 Å². The molecule has 3 rings (SSSR count). The van der Waals surface area contributed by atoms with Crippen LogP contribution in [0.25, 0.3) is 20.8 Å². The molecule has 1 aromatic heterocycles. The third kappa shape index (κ3) is 8.27. The molecule has 0 aliphatic carbocycles. The predicted molar refractivity (Wildman–Crippen MR) is 142 cm³/mol. The maximum atomic E-state index is 4.90. The number of rotatable bonds is 15. The van der Waals surface area contributed by atoms with Gasteiger partial charge in [-0.25, -0.2) is 4.98 Å². The van der Waals surface area contributed by atoms with Crippen LogP contribution in [0.5, 0.6) is 0 Å². The zero-order chi connectivity index (χ0) is 21.7. The van der Waals surface area contributed by atoms with Crippen LogP contribution >= 0.6 is 23.1 Å². The smallest absolute Gasteiger partial charge is 0.124 e. The van der Waals surface area contributed by atoms with Crippen LogP contribution in [0, 0.1) is 0 Å². The first-order valence-corrected chi connectivity index (χ1v) is 14.2. The Morgan fingerprint density at radius 1 is 0.742 bits per heavy atom. The fourth-order valence-corrected chi connectivity index (χ4v) is 5.97. The summed E-state index contributed by atoms with van der Waals surface area (Å²) < 4.78 is 1.31. The van der Waals surface area contributed by atoms with Gasteiger partial charge in [0.1, 0.15) is 5.01 Å². The largest absolute Gasteiger partial charge is 0.236 e. The summed E-state index contributed by atoms with van der Waals surface area (Å²) in [4.78, 5) is 6.28. The van der Waals surface area contributed by atoms with Gasteiger partial charge >= 0.3 is 0 Å². The Kier molecular flexibility index (Phi) is 11.0. The van der Waals surface area contributed by atoms with Crippen molar-refractivity contribution >= 4 is 33.3 Å². The van der Waals surface area contributed by atoms with Crippen LogP contribution in [0.1, 0.15) is 90.0 Å². The Labute approximate surface area is 198 Å². The fourth-order valence-electron chi connectivity index (χ4n) is 3.94. The molecule has 0 spiro atoms. The number of fused-ring (bicyclic) bond motifs is 1. The summed E-state index contributed by atoms with van der Waals surface area (Å²) in [7, 11) is 0. The van der Waals surface area contributed by atoms with E-state index in [1.54, 1.807) is 0 Å². The first-order valence-electron chi connectivity index (χ1n) is 12.4. The molecule has 31 heavy (non-hydrogen) atoms. The molecule has 0 N–H and O–H groups in total. The molecule has 0 saturated carbocycles. The van der Waals surface area contributed by atoms with E-state index in [-0.39, 0.29) is 0 Å². The van der Waals surface area contributed by atoms with Gasteiger partial charge < -0.3 is 0 Å². The monoisotopic (exact) mass is 453 g/mol. The second-order valence-corrected chi connectivity index (χ2v) is 10.8. The lowest BCUT2D eigenvalue weighted by Gasteiger charge is -2.03. The highest BCUT2D eigenvalue weighted by atomic mass is 32.2. The SMILES string of the molecule is CCCCCCCCSc1ccc2nc(-c3ccc(CCCCCCC)cc3)sc2c1. The molecule has 1 heterocycles. The number of aryl methyl sites for hydroxylation is 1. The molecule has 3 aromatic rings. The summed E-state index contributed by atoms with van der Waals surface area (Å²) in [5.41, 5.74) is 3.83. The van der Waals surface area contributed by atoms with Gasteiger partial charge in [0, 0.05) is 10.5 Å². The number of nitrogens with zero attached hydrogens (tertiary/aromatic N) is 1. The summed E-state index contributed by atoms with van der Waals surface area (Å²) in [5.74, 6) is 1.23. The zero-order valence-electron chi connectivity index (χ0n) is 19.5. The minimum atomic E-state index is 1.13. The van der Waals surface area contributed by atoms with Crippen molar-refractivity contribution in [2.75, 3.05) is 5.75 Å². The molecule has 0 aliphatic rings. The summed E-state index contributed by atoms with van der Waals surface area (Å²) >= 11 is 3.82. The van der Waals surface area contributed by atoms with Gasteiger partial charge in [0.05, 0.1) is 10.2 Å². The second kappa shape index (κ2) is 14.0. The van der Waals surface area contributed by atoms with Crippen molar-refractivity contribution in [3.05, 3.63) is 48.0 Å². The molecule has 0 saturated heterocycles. The van der Waals surface area contributed by atoms with E-state index in [4.69, 9.17) is 4.98 Å². The fraction of sp³-hybridized carbons (Fsp3) is 0.536. The number of unbranched alkanes of at least 4 members (excludes halogenated alkanes) is 9. The number of hydrogen-bond acceptors (Lipinski definition) is 3. The first kappa shape index (κ1) is 24.3. The van der Waals surface area contributed by atoms with Crippen LogP contribution < -0.4 is 0 Å². The molecule has 0 unspecified atom stereocenters. The molecule has 3 heteroatoms. The standard InChI is InChI=1S/C28H39NS2/c1-3-5-7-9-11-13-21-30-25-19-20-26-27(22-25)31-28(29-26)24-17-15-23(16-18-24)14-12-10-8-6-4-2/h15-20,22H,3-14,21H2,1-2H3. The molecule has 0 atom stereocenters. The van der Waals surface area contributed by atoms with E-state index in [2.05, 4.69) is 56.3 Å². The van der Waals surface area contributed by atoms with Crippen LogP contribution in [-0.4, -0.2) is 10.7 Å². The number of thiazole rings is 1. The van der Waals surface area contributed by atoms with E-state index in [0.717, 1.165) is 10.5 Å². The van der Waals surface area contributed by atoms with Crippen LogP contribution in [-0.2, 0) is 6.42 Å². The molecule has 2 aromatic carbocycles. The van der Waals surface area contributed by atoms with E-state index in [9.17, 15) is 0 Å². The number of thioether (sulfide) groups is 1. The molecule has 168 valence electrons. The van der Waals surface area contributed by atoms with E-state index in [1.165, 1.54) is 104 Å². The molecule has 1 nitrogen and oxygen atoms in total. The summed E-state index contributed by atoms with van der Waals surface area (Å²) in [6.45, 7) is 4.55. The van der Waals surface area contributed by atoms with Crippen molar-refractivity contribution < 1.29 is 0 Å². The van der Waals surface area contributed by atoms with Gasteiger partial charge in [0.25, 0.3) is 0 Å². The first-order chi connectivity index (χ1) is 15.3. The van der Waals surface area contributed by atoms with Crippen LogP contribution in [0.4, 0.5) is 0 Å². The highest BCUT2D eigenvalue weighted by Crippen LogP contribution is 2.33. The quantitative estimate of drug-likeness (QED) is 0.168. The third-order valence-electron chi connectivity index (χ3n) is 5.90. The Morgan fingerprint density at radius 2 is 1.42 bits per heavy atom. The Bertz CT molecular complexity index is 882. The molecule has 0 radical (unpaired) electrons. The molecule has 0 bridgehead atoms. The van der Waals surface area contributed by atoms with Gasteiger partial charge in [-0.15, -0.1) is 23.1 Å². The predicted octanol–water partition coefficient (Wildman–Crippen LogP) is 9.93. The maximum absolute atomic E-state index is 4.90. The van der Waals surface area contributed by atoms with Gasteiger partial charge in [-0.05, 0) is 48.8 Å². The van der Waals surface area contributed by atoms with E-state index < -0.39 is 0 Å². The van der Waals surface area contributed by atoms with Crippen molar-refractivity contribution in [2.24, 2.45) is 0 Å². The van der Waals surface area contributed by atoms with Crippen LogP contribution in [0.15, 0.2) is 47.4 Å². The highest BCUT2D eigenvalue weighted by molar-refractivity contribution is 7.99. The van der Waals surface area contributed by atoms with Crippen molar-refractivity contribution in [1.29, 1.82) is 0 Å². The number of benzene rings is 2. The molecule has 0 fully saturated rings. The average molecular weight is 454 g/mol. The van der Waals surface area contributed by atoms with Gasteiger partial charge in [0.15, 0.2) is 0 Å². The van der Waals surface area contributed by atoms with Crippen molar-refractivity contribution in [2.45, 2.75) is 95.8 Å². The van der Waals surface area contributed by atoms with E-state index in [0.29, 0.717) is 0 Å². The summed E-state index contributed by atoms with van der Waals surface area (Å²) in [6.07, 6.45) is 16.1. The molecular formula is C28H39NS2. The van der Waals surface area contributed by atoms with Gasteiger partial charge in [0.2, 0.25) is 0 Å². The van der Waals surface area contributed by atoms with Crippen molar-refractivity contribution in [3.63, 3.8) is 0 Å². The minimum Gasteiger partial charge on any atom is -0.236 e. The molecule has 0 aliphatic heterocycles. The van der Waals surface area contributed by atoms with Gasteiger partial charge in [-0.2, -0.15) is 0 Å². The molecular weight excluding hydrogens is 414 g/mol. The maximum Gasteiger partial charge on any atom is 0.124 e. The number of aromatic nitrogens is 1.